The van der Waals surface area contributed by atoms with E-state index in [1.165, 1.54) is 0 Å². The van der Waals surface area contributed by atoms with Crippen molar-refractivity contribution >= 4 is 5.97 Å². The molecule has 0 aliphatic heterocycles. The summed E-state index contributed by atoms with van der Waals surface area (Å²) in [4.78, 5) is 11.3. The van der Waals surface area contributed by atoms with Crippen LogP contribution >= 0.6 is 0 Å². The molecule has 13 heavy (non-hydrogen) atoms. The molecule has 0 aromatic heterocycles. The Bertz CT molecular complexity index is 204. The molecule has 1 aliphatic carbocycles. The van der Waals surface area contributed by atoms with Gasteiger partial charge in [0.25, 0.3) is 0 Å². The highest BCUT2D eigenvalue weighted by Gasteiger charge is 2.60. The highest BCUT2D eigenvalue weighted by molar-refractivity contribution is 5.80. The van der Waals surface area contributed by atoms with Crippen LogP contribution in [0.15, 0.2) is 0 Å². The topological polar surface area (TPSA) is 66.8 Å². The van der Waals surface area contributed by atoms with E-state index in [-0.39, 0.29) is 18.5 Å². The molecule has 1 rings (SSSR count). The second kappa shape index (κ2) is 3.64. The molecule has 0 aromatic rings. The summed E-state index contributed by atoms with van der Waals surface area (Å²) in [7, 11) is 0. The van der Waals surface area contributed by atoms with Crippen LogP contribution in [0, 0.1) is 11.3 Å². The zero-order valence-electron chi connectivity index (χ0n) is 7.99. The van der Waals surface area contributed by atoms with Gasteiger partial charge in [0.05, 0.1) is 24.7 Å². The van der Waals surface area contributed by atoms with Crippen LogP contribution in [0.3, 0.4) is 0 Å². The lowest BCUT2D eigenvalue weighted by atomic mass is 10.0. The smallest absolute Gasteiger partial charge is 0.312 e. The molecule has 1 aliphatic rings. The number of carbonyl (C=O) groups is 1. The minimum Gasteiger partial charge on any atom is -0.466 e. The van der Waals surface area contributed by atoms with Crippen LogP contribution in [0.5, 0.6) is 0 Å². The molecule has 76 valence electrons. The van der Waals surface area contributed by atoms with Gasteiger partial charge in [0.1, 0.15) is 0 Å². The Morgan fingerprint density at radius 3 is 2.85 bits per heavy atom. The average molecular weight is 188 g/mol. The van der Waals surface area contributed by atoms with Gasteiger partial charge in [0.2, 0.25) is 0 Å². The third-order valence-corrected chi connectivity index (χ3v) is 2.70. The lowest BCUT2D eigenvalue weighted by Crippen LogP contribution is -2.25. The molecule has 0 aromatic carbocycles. The van der Waals surface area contributed by atoms with Crippen LogP contribution in [0.25, 0.3) is 0 Å². The standard InChI is InChI=1S/C9H16O4/c1-3-13-8(12)9(2)4-6(9)7(11)5-10/h6-7,10-11H,3-5H2,1-2H3/t6-,7+,9+/m0/s1. The molecule has 0 radical (unpaired) electrons. The monoisotopic (exact) mass is 188 g/mol. The van der Waals surface area contributed by atoms with Crippen LogP contribution in [0.1, 0.15) is 20.3 Å². The highest BCUT2D eigenvalue weighted by atomic mass is 16.5. The Balaban J connectivity index is 2.49. The van der Waals surface area contributed by atoms with Crippen LogP contribution in [-0.2, 0) is 9.53 Å². The maximum absolute atomic E-state index is 11.3. The summed E-state index contributed by atoms with van der Waals surface area (Å²) in [5.74, 6) is -0.413. The Labute approximate surface area is 77.5 Å². The minimum atomic E-state index is -0.797. The van der Waals surface area contributed by atoms with Gasteiger partial charge in [-0.05, 0) is 20.3 Å². The molecule has 1 saturated carbocycles. The molecule has 0 bridgehead atoms. The van der Waals surface area contributed by atoms with Gasteiger partial charge in [-0.3, -0.25) is 4.79 Å². The van der Waals surface area contributed by atoms with Crippen molar-refractivity contribution in [3.8, 4) is 0 Å². The van der Waals surface area contributed by atoms with E-state index >= 15 is 0 Å². The normalized spacial score (nSPS) is 34.0. The Hall–Kier alpha value is -0.610. The number of aliphatic hydroxyl groups excluding tert-OH is 2. The molecular formula is C9H16O4. The van der Waals surface area contributed by atoms with E-state index in [2.05, 4.69) is 0 Å². The fourth-order valence-corrected chi connectivity index (χ4v) is 1.62. The minimum absolute atomic E-state index is 0.142. The maximum Gasteiger partial charge on any atom is 0.312 e. The van der Waals surface area contributed by atoms with Gasteiger partial charge in [-0.15, -0.1) is 0 Å². The van der Waals surface area contributed by atoms with Gasteiger partial charge < -0.3 is 14.9 Å². The largest absolute Gasteiger partial charge is 0.466 e. The molecule has 0 saturated heterocycles. The van der Waals surface area contributed by atoms with Gasteiger partial charge in [-0.1, -0.05) is 0 Å². The summed E-state index contributed by atoms with van der Waals surface area (Å²) in [6.07, 6.45) is -0.192. The predicted molar refractivity (Wildman–Crippen MR) is 45.9 cm³/mol. The van der Waals surface area contributed by atoms with E-state index in [1.54, 1.807) is 13.8 Å². The van der Waals surface area contributed by atoms with E-state index in [4.69, 9.17) is 9.84 Å². The number of hydrogen-bond donors (Lipinski definition) is 2. The first-order chi connectivity index (χ1) is 6.06. The molecular weight excluding hydrogens is 172 g/mol. The van der Waals surface area contributed by atoms with Gasteiger partial charge >= 0.3 is 5.97 Å². The van der Waals surface area contributed by atoms with Gasteiger partial charge in [-0.25, -0.2) is 0 Å². The summed E-state index contributed by atoms with van der Waals surface area (Å²) in [6, 6.07) is 0. The summed E-state index contributed by atoms with van der Waals surface area (Å²) in [5.41, 5.74) is -0.571. The SMILES string of the molecule is CCOC(=O)[C@]1(C)C[C@H]1[C@H](O)CO. The van der Waals surface area contributed by atoms with E-state index < -0.39 is 11.5 Å². The third kappa shape index (κ3) is 1.84. The van der Waals surface area contributed by atoms with Crippen molar-refractivity contribution in [2.45, 2.75) is 26.4 Å². The number of ether oxygens (including phenoxy) is 1. The maximum atomic E-state index is 11.3. The lowest BCUT2D eigenvalue weighted by molar-refractivity contribution is -0.150. The first kappa shape index (κ1) is 10.5. The van der Waals surface area contributed by atoms with Gasteiger partial charge in [0, 0.05) is 5.92 Å². The van der Waals surface area contributed by atoms with Crippen molar-refractivity contribution in [1.82, 2.24) is 0 Å². The molecule has 2 N–H and O–H groups in total. The van der Waals surface area contributed by atoms with E-state index in [0.717, 1.165) is 0 Å². The number of hydrogen-bond acceptors (Lipinski definition) is 4. The number of carbonyl (C=O) groups excluding carboxylic acids is 1. The molecule has 0 heterocycles. The number of aliphatic hydroxyl groups is 2. The average Bonchev–Trinajstić information content (AvgIpc) is 2.79. The fraction of sp³-hybridized carbons (Fsp3) is 0.889. The second-order valence-electron chi connectivity index (χ2n) is 3.70. The molecule has 4 heteroatoms. The molecule has 3 atom stereocenters. The third-order valence-electron chi connectivity index (χ3n) is 2.70. The predicted octanol–water partition coefficient (Wildman–Crippen LogP) is -0.0711. The fourth-order valence-electron chi connectivity index (χ4n) is 1.62. The summed E-state index contributed by atoms with van der Waals surface area (Å²) < 4.78 is 4.86. The number of rotatable bonds is 4. The van der Waals surface area contributed by atoms with E-state index in [9.17, 15) is 9.90 Å². The van der Waals surface area contributed by atoms with Gasteiger partial charge in [0.15, 0.2) is 0 Å². The van der Waals surface area contributed by atoms with Crippen molar-refractivity contribution in [3.05, 3.63) is 0 Å². The van der Waals surface area contributed by atoms with Crippen molar-refractivity contribution in [2.24, 2.45) is 11.3 Å². The van der Waals surface area contributed by atoms with Crippen LogP contribution in [-0.4, -0.2) is 35.5 Å². The molecule has 4 nitrogen and oxygen atoms in total. The Morgan fingerprint density at radius 1 is 1.77 bits per heavy atom. The van der Waals surface area contributed by atoms with Crippen LogP contribution in [0.4, 0.5) is 0 Å². The first-order valence-electron chi connectivity index (χ1n) is 4.52. The van der Waals surface area contributed by atoms with E-state index in [1.807, 2.05) is 0 Å². The quantitative estimate of drug-likeness (QED) is 0.606. The summed E-state index contributed by atoms with van der Waals surface area (Å²) >= 11 is 0. The molecule has 0 unspecified atom stereocenters. The van der Waals surface area contributed by atoms with Crippen molar-refractivity contribution in [3.63, 3.8) is 0 Å². The molecule has 0 amide bonds. The van der Waals surface area contributed by atoms with Crippen molar-refractivity contribution < 1.29 is 19.7 Å². The first-order valence-corrected chi connectivity index (χ1v) is 4.52. The highest BCUT2D eigenvalue weighted by Crippen LogP contribution is 2.54. The van der Waals surface area contributed by atoms with Gasteiger partial charge in [-0.2, -0.15) is 0 Å². The molecule has 0 spiro atoms. The Kier molecular flexibility index (Phi) is 2.93. The zero-order valence-corrected chi connectivity index (χ0v) is 7.99. The van der Waals surface area contributed by atoms with E-state index in [0.29, 0.717) is 13.0 Å². The van der Waals surface area contributed by atoms with Crippen LogP contribution < -0.4 is 0 Å². The van der Waals surface area contributed by atoms with Crippen LogP contribution in [0.2, 0.25) is 0 Å². The Morgan fingerprint density at radius 2 is 2.38 bits per heavy atom. The molecule has 1 fully saturated rings. The zero-order chi connectivity index (χ0) is 10.1. The summed E-state index contributed by atoms with van der Waals surface area (Å²) in [6.45, 7) is 3.58. The second-order valence-corrected chi connectivity index (χ2v) is 3.70. The lowest BCUT2D eigenvalue weighted by Gasteiger charge is -2.12. The summed E-state index contributed by atoms with van der Waals surface area (Å²) in [5, 5.41) is 18.0. The number of esters is 1. The van der Waals surface area contributed by atoms with Crippen molar-refractivity contribution in [1.29, 1.82) is 0 Å². The van der Waals surface area contributed by atoms with Crippen molar-refractivity contribution in [2.75, 3.05) is 13.2 Å².